The van der Waals surface area contributed by atoms with Crippen molar-refractivity contribution in [2.75, 3.05) is 13.2 Å². The highest BCUT2D eigenvalue weighted by molar-refractivity contribution is 5.71. The Morgan fingerprint density at radius 3 is 2.19 bits per heavy atom. The average Bonchev–Trinajstić information content (AvgIpc) is 2.36. The van der Waals surface area contributed by atoms with Crippen LogP contribution in [0.5, 0.6) is 0 Å². The fourth-order valence-electron chi connectivity index (χ4n) is 2.36. The van der Waals surface area contributed by atoms with Crippen LogP contribution in [-0.4, -0.2) is 42.9 Å². The van der Waals surface area contributed by atoms with Crippen LogP contribution in [0.3, 0.4) is 0 Å². The summed E-state index contributed by atoms with van der Waals surface area (Å²) in [5, 5.41) is 6.10. The number of carbonyl (C=O) groups excluding carboxylic acids is 2. The van der Waals surface area contributed by atoms with Crippen molar-refractivity contribution < 1.29 is 19.1 Å². The van der Waals surface area contributed by atoms with Gasteiger partial charge in [-0.25, -0.2) is 4.79 Å². The zero-order chi connectivity index (χ0) is 15.9. The Kier molecular flexibility index (Phi) is 6.95. The van der Waals surface area contributed by atoms with Gasteiger partial charge in [0.05, 0.1) is 13.2 Å². The summed E-state index contributed by atoms with van der Waals surface area (Å²) in [7, 11) is 0. The minimum absolute atomic E-state index is 0.153. The maximum atomic E-state index is 11.7. The van der Waals surface area contributed by atoms with Crippen LogP contribution in [0, 0.1) is 0 Å². The maximum Gasteiger partial charge on any atom is 0.407 e. The van der Waals surface area contributed by atoms with Gasteiger partial charge in [-0.2, -0.15) is 0 Å². The minimum Gasteiger partial charge on any atom is -0.465 e. The second-order valence-corrected chi connectivity index (χ2v) is 6.38. The van der Waals surface area contributed by atoms with Crippen LogP contribution in [0.1, 0.15) is 53.4 Å². The molecule has 0 spiro atoms. The van der Waals surface area contributed by atoms with E-state index < -0.39 is 5.60 Å². The van der Waals surface area contributed by atoms with Crippen molar-refractivity contribution in [1.82, 2.24) is 10.6 Å². The molecule has 0 atom stereocenters. The van der Waals surface area contributed by atoms with Gasteiger partial charge in [0, 0.05) is 12.1 Å². The van der Waals surface area contributed by atoms with Gasteiger partial charge in [0.1, 0.15) is 5.60 Å². The van der Waals surface area contributed by atoms with E-state index in [1.807, 2.05) is 20.8 Å². The van der Waals surface area contributed by atoms with E-state index >= 15 is 0 Å². The Bertz CT molecular complexity index is 344. The first-order valence-corrected chi connectivity index (χ1v) is 7.68. The minimum atomic E-state index is -0.470. The maximum absolute atomic E-state index is 11.7. The van der Waals surface area contributed by atoms with Gasteiger partial charge in [0.25, 0.3) is 0 Å². The van der Waals surface area contributed by atoms with Crippen LogP contribution >= 0.6 is 0 Å². The molecule has 6 nitrogen and oxygen atoms in total. The zero-order valence-electron chi connectivity index (χ0n) is 13.5. The van der Waals surface area contributed by atoms with E-state index in [2.05, 4.69) is 10.6 Å². The molecule has 1 amide bonds. The van der Waals surface area contributed by atoms with E-state index in [0.29, 0.717) is 12.6 Å². The average molecular weight is 300 g/mol. The molecule has 21 heavy (non-hydrogen) atoms. The zero-order valence-corrected chi connectivity index (χ0v) is 13.5. The SMILES string of the molecule is CCOC(=O)CNC1CCC(NC(=O)OC(C)(C)C)CC1. The third-order valence-corrected chi connectivity index (χ3v) is 3.29. The second-order valence-electron chi connectivity index (χ2n) is 6.38. The van der Waals surface area contributed by atoms with Gasteiger partial charge in [-0.15, -0.1) is 0 Å². The van der Waals surface area contributed by atoms with Crippen LogP contribution in [0.4, 0.5) is 4.79 Å². The van der Waals surface area contributed by atoms with Crippen molar-refractivity contribution in [3.63, 3.8) is 0 Å². The van der Waals surface area contributed by atoms with Gasteiger partial charge in [-0.05, 0) is 53.4 Å². The first kappa shape index (κ1) is 17.8. The van der Waals surface area contributed by atoms with E-state index in [1.165, 1.54) is 0 Å². The number of alkyl carbamates (subject to hydrolysis) is 1. The molecule has 1 fully saturated rings. The summed E-state index contributed by atoms with van der Waals surface area (Å²) in [6, 6.07) is 0.464. The van der Waals surface area contributed by atoms with Crippen LogP contribution in [0.15, 0.2) is 0 Å². The predicted molar refractivity (Wildman–Crippen MR) is 80.0 cm³/mol. The quantitative estimate of drug-likeness (QED) is 0.759. The highest BCUT2D eigenvalue weighted by Crippen LogP contribution is 2.19. The van der Waals surface area contributed by atoms with Crippen LogP contribution < -0.4 is 10.6 Å². The largest absolute Gasteiger partial charge is 0.465 e. The van der Waals surface area contributed by atoms with E-state index in [-0.39, 0.29) is 24.6 Å². The van der Waals surface area contributed by atoms with Crippen molar-refractivity contribution in [2.24, 2.45) is 0 Å². The van der Waals surface area contributed by atoms with Crippen molar-refractivity contribution in [1.29, 1.82) is 0 Å². The summed E-state index contributed by atoms with van der Waals surface area (Å²) in [5.41, 5.74) is -0.470. The number of amides is 1. The predicted octanol–water partition coefficient (Wildman–Crippen LogP) is 1.97. The second kappa shape index (κ2) is 8.22. The third-order valence-electron chi connectivity index (χ3n) is 3.29. The lowest BCUT2D eigenvalue weighted by Crippen LogP contribution is -2.44. The number of rotatable bonds is 5. The molecule has 6 heteroatoms. The van der Waals surface area contributed by atoms with Gasteiger partial charge in [0.2, 0.25) is 0 Å². The number of esters is 1. The number of hydrogen-bond donors (Lipinski definition) is 2. The molecule has 1 rings (SSSR count). The first-order chi connectivity index (χ1) is 9.80. The molecular formula is C15H28N2O4. The molecule has 2 N–H and O–H groups in total. The standard InChI is InChI=1S/C15H28N2O4/c1-5-20-13(18)10-16-11-6-8-12(9-7-11)17-14(19)21-15(2,3)4/h11-12,16H,5-10H2,1-4H3,(H,17,19). The lowest BCUT2D eigenvalue weighted by molar-refractivity contribution is -0.142. The fourth-order valence-corrected chi connectivity index (χ4v) is 2.36. The lowest BCUT2D eigenvalue weighted by Gasteiger charge is -2.30. The van der Waals surface area contributed by atoms with Gasteiger partial charge in [0.15, 0.2) is 0 Å². The van der Waals surface area contributed by atoms with Gasteiger partial charge in [-0.1, -0.05) is 0 Å². The van der Waals surface area contributed by atoms with Crippen LogP contribution in [0.25, 0.3) is 0 Å². The van der Waals surface area contributed by atoms with E-state index in [4.69, 9.17) is 9.47 Å². The summed E-state index contributed by atoms with van der Waals surface area (Å²) in [5.74, 6) is -0.216. The highest BCUT2D eigenvalue weighted by atomic mass is 16.6. The van der Waals surface area contributed by atoms with Crippen molar-refractivity contribution in [3.8, 4) is 0 Å². The van der Waals surface area contributed by atoms with Gasteiger partial charge >= 0.3 is 12.1 Å². The van der Waals surface area contributed by atoms with Crippen LogP contribution in [-0.2, 0) is 14.3 Å². The third kappa shape index (κ3) is 7.90. The Labute approximate surface area is 126 Å². The number of hydrogen-bond acceptors (Lipinski definition) is 5. The molecule has 0 aromatic carbocycles. The molecule has 122 valence electrons. The Morgan fingerprint density at radius 2 is 1.67 bits per heavy atom. The molecule has 0 aromatic heterocycles. The molecule has 0 aromatic rings. The summed E-state index contributed by atoms with van der Waals surface area (Å²) in [6.07, 6.45) is 3.28. The lowest BCUT2D eigenvalue weighted by atomic mass is 9.91. The molecule has 0 aliphatic heterocycles. The fraction of sp³-hybridized carbons (Fsp3) is 0.867. The molecule has 1 aliphatic carbocycles. The first-order valence-electron chi connectivity index (χ1n) is 7.68. The van der Waals surface area contributed by atoms with E-state index in [9.17, 15) is 9.59 Å². The summed E-state index contributed by atoms with van der Waals surface area (Å²) in [4.78, 5) is 23.0. The molecule has 0 bridgehead atoms. The molecule has 1 saturated carbocycles. The van der Waals surface area contributed by atoms with Crippen molar-refractivity contribution in [2.45, 2.75) is 71.1 Å². The van der Waals surface area contributed by atoms with Crippen molar-refractivity contribution in [3.05, 3.63) is 0 Å². The van der Waals surface area contributed by atoms with Gasteiger partial charge in [-0.3, -0.25) is 4.79 Å². The molecule has 0 unspecified atom stereocenters. The van der Waals surface area contributed by atoms with E-state index in [1.54, 1.807) is 6.92 Å². The Morgan fingerprint density at radius 1 is 1.10 bits per heavy atom. The monoisotopic (exact) mass is 300 g/mol. The topological polar surface area (TPSA) is 76.7 Å². The number of ether oxygens (including phenoxy) is 2. The van der Waals surface area contributed by atoms with Crippen LogP contribution in [0.2, 0.25) is 0 Å². The number of carbonyl (C=O) groups is 2. The summed E-state index contributed by atoms with van der Waals surface area (Å²) in [6.45, 7) is 8.01. The molecule has 0 heterocycles. The molecule has 1 aliphatic rings. The van der Waals surface area contributed by atoms with Crippen molar-refractivity contribution >= 4 is 12.1 Å². The summed E-state index contributed by atoms with van der Waals surface area (Å²) >= 11 is 0. The molecular weight excluding hydrogens is 272 g/mol. The Hall–Kier alpha value is -1.30. The molecule has 0 radical (unpaired) electrons. The smallest absolute Gasteiger partial charge is 0.407 e. The molecule has 0 saturated heterocycles. The van der Waals surface area contributed by atoms with E-state index in [0.717, 1.165) is 25.7 Å². The normalized spacial score (nSPS) is 22.5. The number of nitrogens with one attached hydrogen (secondary N) is 2. The Balaban J connectivity index is 2.20. The highest BCUT2D eigenvalue weighted by Gasteiger charge is 2.24. The summed E-state index contributed by atoms with van der Waals surface area (Å²) < 4.78 is 10.1. The van der Waals surface area contributed by atoms with Gasteiger partial charge < -0.3 is 20.1 Å².